The van der Waals surface area contributed by atoms with E-state index >= 15 is 0 Å². The standard InChI is InChI=1S/C10H15N3O2/c1-5-6-15-10(14)9-8(4)13(7(2)3)12-11-9/h5,7H,1,6H2,2-4H3. The van der Waals surface area contributed by atoms with Crippen LogP contribution in [0.1, 0.15) is 36.1 Å². The third-order valence-corrected chi connectivity index (χ3v) is 1.94. The lowest BCUT2D eigenvalue weighted by Gasteiger charge is -2.06. The molecule has 0 atom stereocenters. The first-order chi connectivity index (χ1) is 7.07. The van der Waals surface area contributed by atoms with E-state index in [-0.39, 0.29) is 18.3 Å². The minimum atomic E-state index is -0.459. The first-order valence-electron chi connectivity index (χ1n) is 4.77. The highest BCUT2D eigenvalue weighted by atomic mass is 16.5. The Morgan fingerprint density at radius 3 is 2.80 bits per heavy atom. The fraction of sp³-hybridized carbons (Fsp3) is 0.500. The molecule has 0 aliphatic heterocycles. The third-order valence-electron chi connectivity index (χ3n) is 1.94. The molecule has 0 aromatic carbocycles. The van der Waals surface area contributed by atoms with E-state index in [0.29, 0.717) is 0 Å². The van der Waals surface area contributed by atoms with Gasteiger partial charge in [-0.15, -0.1) is 5.10 Å². The van der Waals surface area contributed by atoms with Crippen molar-refractivity contribution < 1.29 is 9.53 Å². The molecule has 0 spiro atoms. The maximum Gasteiger partial charge on any atom is 0.361 e. The molecule has 0 saturated heterocycles. The van der Waals surface area contributed by atoms with Gasteiger partial charge >= 0.3 is 5.97 Å². The van der Waals surface area contributed by atoms with Crippen molar-refractivity contribution in [2.75, 3.05) is 6.61 Å². The predicted molar refractivity (Wildman–Crippen MR) is 55.6 cm³/mol. The Labute approximate surface area is 88.7 Å². The fourth-order valence-electron chi connectivity index (χ4n) is 1.22. The van der Waals surface area contributed by atoms with Gasteiger partial charge in [-0.2, -0.15) is 0 Å². The van der Waals surface area contributed by atoms with Gasteiger partial charge in [0.25, 0.3) is 0 Å². The molecule has 1 heterocycles. The van der Waals surface area contributed by atoms with Crippen molar-refractivity contribution in [2.45, 2.75) is 26.8 Å². The Morgan fingerprint density at radius 2 is 2.33 bits per heavy atom. The molecule has 1 aromatic heterocycles. The van der Waals surface area contributed by atoms with Crippen molar-refractivity contribution in [3.63, 3.8) is 0 Å². The van der Waals surface area contributed by atoms with Crippen molar-refractivity contribution >= 4 is 5.97 Å². The Bertz CT molecular complexity index is 369. The minimum absolute atomic E-state index is 0.179. The highest BCUT2D eigenvalue weighted by Crippen LogP contribution is 2.10. The first-order valence-corrected chi connectivity index (χ1v) is 4.77. The van der Waals surface area contributed by atoms with E-state index in [1.165, 1.54) is 6.08 Å². The normalized spacial score (nSPS) is 10.4. The molecule has 1 aromatic rings. The molecule has 0 fully saturated rings. The zero-order valence-electron chi connectivity index (χ0n) is 9.23. The summed E-state index contributed by atoms with van der Waals surface area (Å²) in [5.74, 6) is -0.459. The van der Waals surface area contributed by atoms with Crippen LogP contribution < -0.4 is 0 Å². The van der Waals surface area contributed by atoms with Crippen molar-refractivity contribution in [1.82, 2.24) is 15.0 Å². The number of esters is 1. The van der Waals surface area contributed by atoms with Crippen molar-refractivity contribution in [3.8, 4) is 0 Å². The molecule has 0 N–H and O–H groups in total. The predicted octanol–water partition coefficient (Wildman–Crippen LogP) is 1.51. The van der Waals surface area contributed by atoms with E-state index in [1.807, 2.05) is 13.8 Å². The van der Waals surface area contributed by atoms with Gasteiger partial charge in [0.1, 0.15) is 6.61 Å². The van der Waals surface area contributed by atoms with Crippen LogP contribution in [0.2, 0.25) is 0 Å². The van der Waals surface area contributed by atoms with Crippen LogP contribution in [0.25, 0.3) is 0 Å². The minimum Gasteiger partial charge on any atom is -0.457 e. The summed E-state index contributed by atoms with van der Waals surface area (Å²) in [5, 5.41) is 7.68. The highest BCUT2D eigenvalue weighted by Gasteiger charge is 2.18. The van der Waals surface area contributed by atoms with E-state index < -0.39 is 5.97 Å². The molecule has 0 aliphatic rings. The molecule has 0 radical (unpaired) electrons. The van der Waals surface area contributed by atoms with Crippen molar-refractivity contribution in [2.24, 2.45) is 0 Å². The number of ether oxygens (including phenoxy) is 1. The van der Waals surface area contributed by atoms with Gasteiger partial charge in [-0.1, -0.05) is 17.9 Å². The van der Waals surface area contributed by atoms with Gasteiger partial charge in [0.15, 0.2) is 5.69 Å². The van der Waals surface area contributed by atoms with Crippen LogP contribution in [0.15, 0.2) is 12.7 Å². The third kappa shape index (κ3) is 2.43. The molecule has 0 aliphatic carbocycles. The molecule has 82 valence electrons. The molecule has 0 unspecified atom stereocenters. The number of hydrogen-bond acceptors (Lipinski definition) is 4. The molecular formula is C10H15N3O2. The zero-order chi connectivity index (χ0) is 11.4. The maximum absolute atomic E-state index is 11.5. The number of nitrogens with zero attached hydrogens (tertiary/aromatic N) is 3. The summed E-state index contributed by atoms with van der Waals surface area (Å²) in [5.41, 5.74) is 0.990. The van der Waals surface area contributed by atoms with Crippen molar-refractivity contribution in [1.29, 1.82) is 0 Å². The molecule has 5 heteroatoms. The van der Waals surface area contributed by atoms with Gasteiger partial charge in [-0.3, -0.25) is 0 Å². The summed E-state index contributed by atoms with van der Waals surface area (Å²) in [6.07, 6.45) is 1.51. The largest absolute Gasteiger partial charge is 0.457 e. The Morgan fingerprint density at radius 1 is 1.67 bits per heavy atom. The summed E-state index contributed by atoms with van der Waals surface area (Å²) in [7, 11) is 0. The van der Waals surface area contributed by atoms with E-state index in [2.05, 4.69) is 16.9 Å². The number of rotatable bonds is 4. The van der Waals surface area contributed by atoms with Crippen LogP contribution in [0, 0.1) is 6.92 Å². The number of hydrogen-bond donors (Lipinski definition) is 0. The van der Waals surface area contributed by atoms with Crippen LogP contribution >= 0.6 is 0 Å². The van der Waals surface area contributed by atoms with Gasteiger partial charge in [-0.25, -0.2) is 9.48 Å². The second-order valence-corrected chi connectivity index (χ2v) is 3.45. The average Bonchev–Trinajstić information content (AvgIpc) is 2.56. The quantitative estimate of drug-likeness (QED) is 0.557. The summed E-state index contributed by atoms with van der Waals surface area (Å²) < 4.78 is 6.56. The molecule has 1 rings (SSSR count). The summed E-state index contributed by atoms with van der Waals surface area (Å²) in [6.45, 7) is 9.39. The molecule has 15 heavy (non-hydrogen) atoms. The van der Waals surface area contributed by atoms with Crippen LogP contribution in [0.3, 0.4) is 0 Å². The van der Waals surface area contributed by atoms with Crippen LogP contribution in [-0.4, -0.2) is 27.6 Å². The number of aromatic nitrogens is 3. The van der Waals surface area contributed by atoms with E-state index in [9.17, 15) is 4.79 Å². The van der Waals surface area contributed by atoms with Gasteiger partial charge in [0.2, 0.25) is 0 Å². The van der Waals surface area contributed by atoms with Crippen LogP contribution in [0.5, 0.6) is 0 Å². The Kier molecular flexibility index (Phi) is 3.60. The Balaban J connectivity index is 2.86. The smallest absolute Gasteiger partial charge is 0.361 e. The first kappa shape index (κ1) is 11.4. The lowest BCUT2D eigenvalue weighted by molar-refractivity contribution is 0.0542. The highest BCUT2D eigenvalue weighted by molar-refractivity contribution is 5.88. The zero-order valence-corrected chi connectivity index (χ0v) is 9.23. The van der Waals surface area contributed by atoms with E-state index in [4.69, 9.17) is 4.74 Å². The van der Waals surface area contributed by atoms with E-state index in [1.54, 1.807) is 11.6 Å². The molecular weight excluding hydrogens is 194 g/mol. The summed E-state index contributed by atoms with van der Waals surface area (Å²) in [4.78, 5) is 11.5. The maximum atomic E-state index is 11.5. The molecule has 0 saturated carbocycles. The van der Waals surface area contributed by atoms with Crippen molar-refractivity contribution in [3.05, 3.63) is 24.0 Å². The van der Waals surface area contributed by atoms with Crippen LogP contribution in [0.4, 0.5) is 0 Å². The second kappa shape index (κ2) is 4.72. The number of carbonyl (C=O) groups is 1. The second-order valence-electron chi connectivity index (χ2n) is 3.45. The van der Waals surface area contributed by atoms with Gasteiger partial charge in [-0.05, 0) is 20.8 Å². The summed E-state index contributed by atoms with van der Waals surface area (Å²) in [6, 6.07) is 0.179. The van der Waals surface area contributed by atoms with E-state index in [0.717, 1.165) is 5.69 Å². The molecule has 0 amide bonds. The molecule has 0 bridgehead atoms. The monoisotopic (exact) mass is 209 g/mol. The lowest BCUT2D eigenvalue weighted by atomic mass is 10.3. The van der Waals surface area contributed by atoms with Gasteiger partial charge in [0.05, 0.1) is 5.69 Å². The fourth-order valence-corrected chi connectivity index (χ4v) is 1.22. The number of carbonyl (C=O) groups excluding carboxylic acids is 1. The van der Waals surface area contributed by atoms with Gasteiger partial charge < -0.3 is 4.74 Å². The van der Waals surface area contributed by atoms with Gasteiger partial charge in [0, 0.05) is 6.04 Å². The Hall–Kier alpha value is -1.65. The summed E-state index contributed by atoms with van der Waals surface area (Å²) >= 11 is 0. The lowest BCUT2D eigenvalue weighted by Crippen LogP contribution is -2.09. The average molecular weight is 209 g/mol. The molecule has 5 nitrogen and oxygen atoms in total. The topological polar surface area (TPSA) is 57.0 Å². The van der Waals surface area contributed by atoms with Crippen LogP contribution in [-0.2, 0) is 4.74 Å². The SMILES string of the molecule is C=CCOC(=O)c1nnn(C(C)C)c1C.